The molecule has 0 amide bonds. The maximum Gasteiger partial charge on any atom is 0.119 e. The van der Waals surface area contributed by atoms with E-state index in [2.05, 4.69) is 11.8 Å². The molecular weight excluding hydrogens is 497 g/mol. The Kier molecular flexibility index (Phi) is 11.5. The van der Waals surface area contributed by atoms with E-state index in [-0.39, 0.29) is 6.04 Å². The molecule has 36 heavy (non-hydrogen) atoms. The molecule has 5 nitrogen and oxygen atoms in total. The smallest absolute Gasteiger partial charge is 0.119 e. The Balaban J connectivity index is 1.70. The molecule has 7 heteroatoms. The van der Waals surface area contributed by atoms with Gasteiger partial charge in [-0.3, -0.25) is 4.90 Å². The van der Waals surface area contributed by atoms with E-state index in [1.54, 1.807) is 24.3 Å². The lowest BCUT2D eigenvalue weighted by atomic mass is 10.0. The van der Waals surface area contributed by atoms with Gasteiger partial charge in [0.2, 0.25) is 0 Å². The van der Waals surface area contributed by atoms with Crippen molar-refractivity contribution in [3.8, 4) is 5.75 Å². The van der Waals surface area contributed by atoms with E-state index < -0.39 is 12.2 Å². The van der Waals surface area contributed by atoms with Gasteiger partial charge >= 0.3 is 0 Å². The Morgan fingerprint density at radius 1 is 0.806 bits per heavy atom. The number of aliphatic hydroxyl groups is 2. The molecule has 0 saturated heterocycles. The third kappa shape index (κ3) is 9.07. The number of benzene rings is 3. The van der Waals surface area contributed by atoms with Crippen molar-refractivity contribution in [2.24, 2.45) is 0 Å². The molecule has 0 heterocycles. The van der Waals surface area contributed by atoms with Gasteiger partial charge < -0.3 is 19.7 Å². The molecule has 0 radical (unpaired) electrons. The fourth-order valence-electron chi connectivity index (χ4n) is 4.07. The highest BCUT2D eigenvalue weighted by Gasteiger charge is 2.23. The highest BCUT2D eigenvalue weighted by Crippen LogP contribution is 2.24. The topological polar surface area (TPSA) is 62.2 Å². The minimum Gasteiger partial charge on any atom is -0.491 e. The van der Waals surface area contributed by atoms with Gasteiger partial charge in [0.25, 0.3) is 0 Å². The predicted molar refractivity (Wildman–Crippen MR) is 146 cm³/mol. The molecule has 0 bridgehead atoms. The molecule has 3 rings (SSSR count). The first-order valence-corrected chi connectivity index (χ1v) is 13.0. The summed E-state index contributed by atoms with van der Waals surface area (Å²) in [7, 11) is 0. The largest absolute Gasteiger partial charge is 0.491 e. The standard InChI is InChI=1S/C29H35Cl2NO4/c1-3-35-14-15-36-27-12-10-22(11-13-27)16-21(2)32(19-28(33)23-6-4-8-25(30)17-23)20-29(34)24-7-5-9-26(31)18-24/h4-13,17-18,21,28-29,33-34H,3,14-16,19-20H2,1-2H3/t21-,28+,29+/m0/s1. The monoisotopic (exact) mass is 531 g/mol. The van der Waals surface area contributed by atoms with Crippen molar-refractivity contribution in [1.29, 1.82) is 0 Å². The number of rotatable bonds is 14. The summed E-state index contributed by atoms with van der Waals surface area (Å²) in [6.07, 6.45) is -0.762. The number of nitrogens with zero attached hydrogens (tertiary/aromatic N) is 1. The average molecular weight is 533 g/mol. The highest BCUT2D eigenvalue weighted by molar-refractivity contribution is 6.30. The van der Waals surface area contributed by atoms with E-state index in [0.29, 0.717) is 43.0 Å². The van der Waals surface area contributed by atoms with Crippen LogP contribution in [0.15, 0.2) is 72.8 Å². The number of halogens is 2. The molecule has 0 aromatic heterocycles. The molecule has 0 aliphatic rings. The summed E-state index contributed by atoms with van der Waals surface area (Å²) >= 11 is 12.3. The van der Waals surface area contributed by atoms with Crippen LogP contribution in [-0.2, 0) is 11.2 Å². The molecule has 2 N–H and O–H groups in total. The Labute approximate surface area is 224 Å². The Bertz CT molecular complexity index is 1010. The molecule has 3 aromatic rings. The van der Waals surface area contributed by atoms with Crippen molar-refractivity contribution in [2.75, 3.05) is 32.9 Å². The lowest BCUT2D eigenvalue weighted by Crippen LogP contribution is -2.40. The molecule has 0 fully saturated rings. The highest BCUT2D eigenvalue weighted by atomic mass is 35.5. The maximum atomic E-state index is 11.0. The van der Waals surface area contributed by atoms with Gasteiger partial charge in [-0.15, -0.1) is 0 Å². The second-order valence-electron chi connectivity index (χ2n) is 8.84. The molecular formula is C29H35Cl2NO4. The quantitative estimate of drug-likeness (QED) is 0.246. The van der Waals surface area contributed by atoms with Gasteiger partial charge in [-0.1, -0.05) is 59.6 Å². The summed E-state index contributed by atoms with van der Waals surface area (Å²) in [4.78, 5) is 2.10. The van der Waals surface area contributed by atoms with E-state index in [4.69, 9.17) is 32.7 Å². The zero-order valence-electron chi connectivity index (χ0n) is 20.8. The van der Waals surface area contributed by atoms with Crippen LogP contribution in [0.4, 0.5) is 0 Å². The van der Waals surface area contributed by atoms with Crippen LogP contribution in [-0.4, -0.2) is 54.1 Å². The number of ether oxygens (including phenoxy) is 2. The van der Waals surface area contributed by atoms with Crippen molar-refractivity contribution in [1.82, 2.24) is 4.90 Å². The first kappa shape index (κ1) is 28.5. The fourth-order valence-corrected chi connectivity index (χ4v) is 4.47. The van der Waals surface area contributed by atoms with Crippen LogP contribution in [0.1, 0.15) is 42.7 Å². The van der Waals surface area contributed by atoms with Gasteiger partial charge in [-0.25, -0.2) is 0 Å². The minimum atomic E-state index is -0.751. The second kappa shape index (κ2) is 14.6. The van der Waals surface area contributed by atoms with Crippen molar-refractivity contribution in [2.45, 2.75) is 38.5 Å². The van der Waals surface area contributed by atoms with Crippen LogP contribution in [0.25, 0.3) is 0 Å². The van der Waals surface area contributed by atoms with Crippen LogP contribution in [0, 0.1) is 0 Å². The van der Waals surface area contributed by atoms with Gasteiger partial charge in [0.05, 0.1) is 18.8 Å². The summed E-state index contributed by atoms with van der Waals surface area (Å²) in [6.45, 7) is 6.50. The summed E-state index contributed by atoms with van der Waals surface area (Å²) in [5, 5.41) is 23.1. The first-order valence-electron chi connectivity index (χ1n) is 12.3. The van der Waals surface area contributed by atoms with Gasteiger partial charge in [-0.05, 0) is 73.4 Å². The van der Waals surface area contributed by atoms with E-state index in [9.17, 15) is 10.2 Å². The van der Waals surface area contributed by atoms with Crippen LogP contribution in [0.5, 0.6) is 5.75 Å². The summed E-state index contributed by atoms with van der Waals surface area (Å²) in [5.41, 5.74) is 2.62. The van der Waals surface area contributed by atoms with E-state index in [1.807, 2.05) is 55.5 Å². The second-order valence-corrected chi connectivity index (χ2v) is 9.71. The third-order valence-corrected chi connectivity index (χ3v) is 6.53. The normalized spacial score (nSPS) is 14.0. The Hall–Kier alpha value is -2.12. The molecule has 194 valence electrons. The number of hydrogen-bond donors (Lipinski definition) is 2. The number of hydrogen-bond acceptors (Lipinski definition) is 5. The molecule has 0 saturated carbocycles. The van der Waals surface area contributed by atoms with E-state index in [1.165, 1.54) is 0 Å². The van der Waals surface area contributed by atoms with Crippen LogP contribution in [0.3, 0.4) is 0 Å². The summed E-state index contributed by atoms with van der Waals surface area (Å²) in [5.74, 6) is 0.802. The lowest BCUT2D eigenvalue weighted by molar-refractivity contribution is 0.0480. The molecule has 0 aliphatic heterocycles. The van der Waals surface area contributed by atoms with Gasteiger partial charge in [0.15, 0.2) is 0 Å². The average Bonchev–Trinajstić information content (AvgIpc) is 2.87. The SMILES string of the molecule is CCOCCOc1ccc(C[C@H](C)N(C[C@@H](O)c2cccc(Cl)c2)C[C@@H](O)c2cccc(Cl)c2)cc1. The van der Waals surface area contributed by atoms with Crippen LogP contribution >= 0.6 is 23.2 Å². The van der Waals surface area contributed by atoms with Crippen LogP contribution < -0.4 is 4.74 Å². The maximum absolute atomic E-state index is 11.0. The lowest BCUT2D eigenvalue weighted by Gasteiger charge is -2.33. The van der Waals surface area contributed by atoms with Crippen LogP contribution in [0.2, 0.25) is 10.0 Å². The Morgan fingerprint density at radius 3 is 1.86 bits per heavy atom. The first-order chi connectivity index (χ1) is 17.4. The van der Waals surface area contributed by atoms with E-state index in [0.717, 1.165) is 28.9 Å². The summed E-state index contributed by atoms with van der Waals surface area (Å²) in [6, 6.07) is 22.5. The molecule has 0 spiro atoms. The van der Waals surface area contributed by atoms with Gasteiger partial charge in [-0.2, -0.15) is 0 Å². The van der Waals surface area contributed by atoms with Crippen molar-refractivity contribution >= 4 is 23.2 Å². The van der Waals surface area contributed by atoms with Crippen molar-refractivity contribution in [3.63, 3.8) is 0 Å². The molecule has 0 aliphatic carbocycles. The fraction of sp³-hybridized carbons (Fsp3) is 0.379. The number of aliphatic hydroxyl groups excluding tert-OH is 2. The zero-order chi connectivity index (χ0) is 25.9. The minimum absolute atomic E-state index is 0.0393. The molecule has 3 aromatic carbocycles. The third-order valence-electron chi connectivity index (χ3n) is 6.06. The predicted octanol–water partition coefficient (Wildman–Crippen LogP) is 6.11. The van der Waals surface area contributed by atoms with Crippen molar-refractivity contribution in [3.05, 3.63) is 99.5 Å². The molecule has 3 atom stereocenters. The Morgan fingerprint density at radius 2 is 1.36 bits per heavy atom. The van der Waals surface area contributed by atoms with Gasteiger partial charge in [0.1, 0.15) is 12.4 Å². The van der Waals surface area contributed by atoms with E-state index >= 15 is 0 Å². The zero-order valence-corrected chi connectivity index (χ0v) is 22.3. The van der Waals surface area contributed by atoms with Gasteiger partial charge in [0, 0.05) is 35.8 Å². The summed E-state index contributed by atoms with van der Waals surface area (Å²) < 4.78 is 11.0. The van der Waals surface area contributed by atoms with Crippen molar-refractivity contribution < 1.29 is 19.7 Å². The molecule has 0 unspecified atom stereocenters.